The van der Waals surface area contributed by atoms with E-state index in [1.165, 1.54) is 29.5 Å². The van der Waals surface area contributed by atoms with Gasteiger partial charge in [0.2, 0.25) is 5.91 Å². The number of benzene rings is 1. The van der Waals surface area contributed by atoms with Gasteiger partial charge in [-0.2, -0.15) is 0 Å². The number of hydrogen-bond acceptors (Lipinski definition) is 4. The Morgan fingerprint density at radius 2 is 2.05 bits per heavy atom. The van der Waals surface area contributed by atoms with Gasteiger partial charge in [-0.25, -0.2) is 4.79 Å². The van der Waals surface area contributed by atoms with Crippen molar-refractivity contribution in [3.05, 3.63) is 46.2 Å². The fourth-order valence-corrected chi connectivity index (χ4v) is 2.24. The van der Waals surface area contributed by atoms with Crippen molar-refractivity contribution in [1.29, 1.82) is 0 Å². The molecule has 0 bridgehead atoms. The van der Waals surface area contributed by atoms with Crippen molar-refractivity contribution < 1.29 is 19.8 Å². The first kappa shape index (κ1) is 13.1. The van der Waals surface area contributed by atoms with E-state index in [4.69, 9.17) is 5.11 Å². The predicted octanol–water partition coefficient (Wildman–Crippen LogP) is 2.33. The Labute approximate surface area is 113 Å². The summed E-state index contributed by atoms with van der Waals surface area (Å²) >= 11 is 1.46. The Morgan fingerprint density at radius 3 is 2.68 bits per heavy atom. The second-order valence-corrected chi connectivity index (χ2v) is 4.87. The SMILES string of the molecule is O=C(Cc1cccs1)Nc1cc(C(=O)O)ccc1O. The molecule has 5 nitrogen and oxygen atoms in total. The lowest BCUT2D eigenvalue weighted by atomic mass is 10.2. The predicted molar refractivity (Wildman–Crippen MR) is 71.7 cm³/mol. The molecular weight excluding hydrogens is 266 g/mol. The Bertz CT molecular complexity index is 607. The number of amides is 1. The molecule has 19 heavy (non-hydrogen) atoms. The van der Waals surface area contributed by atoms with E-state index in [2.05, 4.69) is 5.32 Å². The van der Waals surface area contributed by atoms with Crippen LogP contribution in [0.1, 0.15) is 15.2 Å². The van der Waals surface area contributed by atoms with Crippen LogP contribution in [0.4, 0.5) is 5.69 Å². The summed E-state index contributed by atoms with van der Waals surface area (Å²) in [6.45, 7) is 0. The topological polar surface area (TPSA) is 86.6 Å². The number of phenols is 1. The second-order valence-electron chi connectivity index (χ2n) is 3.84. The minimum Gasteiger partial charge on any atom is -0.506 e. The summed E-state index contributed by atoms with van der Waals surface area (Å²) in [5.41, 5.74) is 0.102. The normalized spacial score (nSPS) is 10.1. The van der Waals surface area contributed by atoms with Gasteiger partial charge >= 0.3 is 5.97 Å². The van der Waals surface area contributed by atoms with Gasteiger partial charge in [0.1, 0.15) is 5.75 Å². The fourth-order valence-electron chi connectivity index (χ4n) is 1.54. The third-order valence-corrected chi connectivity index (χ3v) is 3.31. The molecule has 0 radical (unpaired) electrons. The monoisotopic (exact) mass is 277 g/mol. The molecule has 1 aromatic carbocycles. The summed E-state index contributed by atoms with van der Waals surface area (Å²) < 4.78 is 0. The van der Waals surface area contributed by atoms with E-state index >= 15 is 0 Å². The van der Waals surface area contributed by atoms with Crippen LogP contribution in [0.3, 0.4) is 0 Å². The van der Waals surface area contributed by atoms with Crippen molar-refractivity contribution in [1.82, 2.24) is 0 Å². The lowest BCUT2D eigenvalue weighted by molar-refractivity contribution is -0.115. The Kier molecular flexibility index (Phi) is 3.82. The maximum Gasteiger partial charge on any atom is 0.335 e. The van der Waals surface area contributed by atoms with Crippen molar-refractivity contribution in [3.8, 4) is 5.75 Å². The molecular formula is C13H11NO4S. The van der Waals surface area contributed by atoms with Crippen LogP contribution in [0.15, 0.2) is 35.7 Å². The maximum atomic E-state index is 11.8. The van der Waals surface area contributed by atoms with Gasteiger partial charge in [-0.3, -0.25) is 4.79 Å². The number of carbonyl (C=O) groups excluding carboxylic acids is 1. The molecule has 2 aromatic rings. The summed E-state index contributed by atoms with van der Waals surface area (Å²) in [4.78, 5) is 23.5. The number of rotatable bonds is 4. The average Bonchev–Trinajstić information content (AvgIpc) is 2.84. The number of thiophene rings is 1. The molecule has 0 saturated carbocycles. The number of hydrogen-bond donors (Lipinski definition) is 3. The third kappa shape index (κ3) is 3.32. The molecule has 2 rings (SSSR count). The van der Waals surface area contributed by atoms with Crippen LogP contribution in [-0.4, -0.2) is 22.1 Å². The summed E-state index contributed by atoms with van der Waals surface area (Å²) in [6.07, 6.45) is 0.189. The van der Waals surface area contributed by atoms with Crippen LogP contribution in [0.2, 0.25) is 0 Å². The number of anilines is 1. The number of aromatic hydroxyl groups is 1. The Hall–Kier alpha value is -2.34. The van der Waals surface area contributed by atoms with Gasteiger partial charge in [0.25, 0.3) is 0 Å². The Balaban J connectivity index is 2.11. The number of carbonyl (C=O) groups is 2. The Morgan fingerprint density at radius 1 is 1.26 bits per heavy atom. The van der Waals surface area contributed by atoms with E-state index in [-0.39, 0.29) is 29.3 Å². The van der Waals surface area contributed by atoms with E-state index in [0.29, 0.717) is 0 Å². The van der Waals surface area contributed by atoms with Gasteiger partial charge in [-0.05, 0) is 29.6 Å². The van der Waals surface area contributed by atoms with Gasteiger partial charge in [0.05, 0.1) is 17.7 Å². The molecule has 0 aliphatic carbocycles. The van der Waals surface area contributed by atoms with E-state index in [1.54, 1.807) is 0 Å². The molecule has 98 valence electrons. The molecule has 0 unspecified atom stereocenters. The summed E-state index contributed by atoms with van der Waals surface area (Å²) in [5.74, 6) is -1.58. The zero-order valence-electron chi connectivity index (χ0n) is 9.79. The minimum atomic E-state index is -1.12. The van der Waals surface area contributed by atoms with Crippen LogP contribution in [-0.2, 0) is 11.2 Å². The number of aromatic carboxylic acids is 1. The summed E-state index contributed by atoms with van der Waals surface area (Å²) in [6, 6.07) is 7.41. The van der Waals surface area contributed by atoms with Gasteiger partial charge in [0.15, 0.2) is 0 Å². The van der Waals surface area contributed by atoms with Crippen LogP contribution in [0, 0.1) is 0 Å². The molecule has 0 aliphatic rings. The summed E-state index contributed by atoms with van der Waals surface area (Å²) in [7, 11) is 0. The highest BCUT2D eigenvalue weighted by Crippen LogP contribution is 2.24. The van der Waals surface area contributed by atoms with Crippen molar-refractivity contribution in [2.45, 2.75) is 6.42 Å². The minimum absolute atomic E-state index is 0.00391. The molecule has 1 heterocycles. The van der Waals surface area contributed by atoms with Crippen molar-refractivity contribution in [2.75, 3.05) is 5.32 Å². The molecule has 0 spiro atoms. The highest BCUT2D eigenvalue weighted by molar-refractivity contribution is 7.10. The lowest BCUT2D eigenvalue weighted by Crippen LogP contribution is -2.14. The number of phenolic OH excluding ortho intramolecular Hbond substituents is 1. The van der Waals surface area contributed by atoms with Crippen LogP contribution in [0.5, 0.6) is 5.75 Å². The highest BCUT2D eigenvalue weighted by Gasteiger charge is 2.11. The molecule has 0 atom stereocenters. The average molecular weight is 277 g/mol. The molecule has 1 aromatic heterocycles. The van der Waals surface area contributed by atoms with Gasteiger partial charge < -0.3 is 15.5 Å². The molecule has 0 fully saturated rings. The zero-order valence-corrected chi connectivity index (χ0v) is 10.6. The van der Waals surface area contributed by atoms with E-state index in [9.17, 15) is 14.7 Å². The van der Waals surface area contributed by atoms with Gasteiger partial charge in [-0.1, -0.05) is 6.07 Å². The first-order chi connectivity index (χ1) is 9.06. The number of carboxylic acid groups (broad SMARTS) is 1. The molecule has 3 N–H and O–H groups in total. The highest BCUT2D eigenvalue weighted by atomic mass is 32.1. The fraction of sp³-hybridized carbons (Fsp3) is 0.0769. The zero-order chi connectivity index (χ0) is 13.8. The first-order valence-corrected chi connectivity index (χ1v) is 6.33. The lowest BCUT2D eigenvalue weighted by Gasteiger charge is -2.07. The first-order valence-electron chi connectivity index (χ1n) is 5.45. The van der Waals surface area contributed by atoms with Crippen LogP contribution < -0.4 is 5.32 Å². The van der Waals surface area contributed by atoms with E-state index in [1.807, 2.05) is 17.5 Å². The van der Waals surface area contributed by atoms with Crippen LogP contribution >= 0.6 is 11.3 Å². The number of nitrogens with one attached hydrogen (secondary N) is 1. The number of carboxylic acids is 1. The van der Waals surface area contributed by atoms with Gasteiger partial charge in [0, 0.05) is 4.88 Å². The van der Waals surface area contributed by atoms with Crippen LogP contribution in [0.25, 0.3) is 0 Å². The second kappa shape index (κ2) is 5.53. The molecule has 0 saturated heterocycles. The molecule has 1 amide bonds. The van der Waals surface area contributed by atoms with Gasteiger partial charge in [-0.15, -0.1) is 11.3 Å². The molecule has 6 heteroatoms. The quantitative estimate of drug-likeness (QED) is 0.749. The van der Waals surface area contributed by atoms with E-state index in [0.717, 1.165) is 4.88 Å². The smallest absolute Gasteiger partial charge is 0.335 e. The van der Waals surface area contributed by atoms with Crippen molar-refractivity contribution in [2.24, 2.45) is 0 Å². The largest absolute Gasteiger partial charge is 0.506 e. The van der Waals surface area contributed by atoms with Crippen molar-refractivity contribution in [3.63, 3.8) is 0 Å². The van der Waals surface area contributed by atoms with Crippen molar-refractivity contribution >= 4 is 28.9 Å². The summed E-state index contributed by atoms with van der Waals surface area (Å²) in [5, 5.41) is 22.8. The standard InChI is InChI=1S/C13H11NO4S/c15-11-4-3-8(13(17)18)6-10(11)14-12(16)7-9-2-1-5-19-9/h1-6,15H,7H2,(H,14,16)(H,17,18). The third-order valence-electron chi connectivity index (χ3n) is 2.43. The van der Waals surface area contributed by atoms with E-state index < -0.39 is 5.97 Å². The maximum absolute atomic E-state index is 11.8. The molecule has 0 aliphatic heterocycles.